The number of carbonyl (C=O) groups is 3. The Labute approximate surface area is 224 Å². The average molecular weight is 577 g/mol. The molecule has 1 aliphatic heterocycles. The van der Waals surface area contributed by atoms with Crippen LogP contribution in [0.3, 0.4) is 0 Å². The van der Waals surface area contributed by atoms with Crippen LogP contribution in [0.1, 0.15) is 42.1 Å². The summed E-state index contributed by atoms with van der Waals surface area (Å²) in [5.74, 6) is -0.610. The van der Waals surface area contributed by atoms with E-state index in [1.807, 2.05) is 30.3 Å². The minimum absolute atomic E-state index is 0.0799. The van der Waals surface area contributed by atoms with Gasteiger partial charge in [0.25, 0.3) is 5.91 Å². The molecule has 192 valence electrons. The topological polar surface area (TPSA) is 97.0 Å². The highest BCUT2D eigenvalue weighted by Gasteiger charge is 2.34. The van der Waals surface area contributed by atoms with Gasteiger partial charge in [-0.05, 0) is 58.3 Å². The van der Waals surface area contributed by atoms with E-state index >= 15 is 0 Å². The molecule has 2 N–H and O–H groups in total. The molecule has 2 aromatic rings. The predicted octanol–water partition coefficient (Wildman–Crippen LogP) is 3.62. The van der Waals surface area contributed by atoms with Crippen LogP contribution in [0.4, 0.5) is 0 Å². The molecular weight excluding hydrogens is 546 g/mol. The number of amides is 2. The van der Waals surface area contributed by atoms with Gasteiger partial charge < -0.3 is 19.7 Å². The third kappa shape index (κ3) is 8.03. The molecule has 0 radical (unpaired) electrons. The van der Waals surface area contributed by atoms with E-state index in [0.29, 0.717) is 41.9 Å². The molecule has 0 spiro atoms. The molecule has 0 bridgehead atoms. The van der Waals surface area contributed by atoms with Crippen molar-refractivity contribution in [3.8, 4) is 5.75 Å². The number of hydrogen-bond acceptors (Lipinski definition) is 6. The third-order valence-corrected chi connectivity index (χ3v) is 6.57. The molecule has 0 aliphatic carbocycles. The van der Waals surface area contributed by atoms with Crippen LogP contribution in [-0.2, 0) is 20.7 Å². The lowest BCUT2D eigenvalue weighted by molar-refractivity contribution is -0.147. The number of thiocarbonyl (C=S) groups is 1. The summed E-state index contributed by atoms with van der Waals surface area (Å²) >= 11 is 8.88. The number of carbonyl (C=O) groups excluding carboxylic acids is 3. The highest BCUT2D eigenvalue weighted by Crippen LogP contribution is 2.26. The molecule has 1 unspecified atom stereocenters. The van der Waals surface area contributed by atoms with E-state index in [1.165, 1.54) is 0 Å². The summed E-state index contributed by atoms with van der Waals surface area (Å²) in [6.45, 7) is 3.61. The van der Waals surface area contributed by atoms with Crippen molar-refractivity contribution in [2.75, 3.05) is 26.3 Å². The van der Waals surface area contributed by atoms with E-state index in [4.69, 9.17) is 21.7 Å². The van der Waals surface area contributed by atoms with Gasteiger partial charge in [0, 0.05) is 25.1 Å². The fourth-order valence-corrected chi connectivity index (χ4v) is 4.44. The van der Waals surface area contributed by atoms with Gasteiger partial charge in [-0.1, -0.05) is 43.7 Å². The Morgan fingerprint density at radius 2 is 1.97 bits per heavy atom. The van der Waals surface area contributed by atoms with Crippen molar-refractivity contribution < 1.29 is 23.9 Å². The first-order chi connectivity index (χ1) is 17.4. The fourth-order valence-electron chi connectivity index (χ4n) is 3.63. The summed E-state index contributed by atoms with van der Waals surface area (Å²) < 4.78 is 11.7. The lowest BCUT2D eigenvalue weighted by Gasteiger charge is -2.36. The molecule has 10 heteroatoms. The standard InChI is InChI=1S/C26H30BrN3O5S/c1-2-3-14-34-22-10-9-19(16-20(22)27)24(32)29-26(36)30-13-12-28-25(33)21(30)17-23(31)35-15-11-18-7-5-4-6-8-18/h4-10,16,21H,2-3,11-15,17H2,1H3,(H,28,33)(H,29,32,36). The van der Waals surface area contributed by atoms with E-state index in [-0.39, 0.29) is 24.0 Å². The van der Waals surface area contributed by atoms with Crippen molar-refractivity contribution in [2.24, 2.45) is 0 Å². The summed E-state index contributed by atoms with van der Waals surface area (Å²) in [6.07, 6.45) is 2.37. The first kappa shape index (κ1) is 27.6. The monoisotopic (exact) mass is 575 g/mol. The summed E-state index contributed by atoms with van der Waals surface area (Å²) in [4.78, 5) is 39.4. The van der Waals surface area contributed by atoms with Crippen LogP contribution in [0.2, 0.25) is 0 Å². The lowest BCUT2D eigenvalue weighted by Crippen LogP contribution is -2.60. The average Bonchev–Trinajstić information content (AvgIpc) is 2.87. The summed E-state index contributed by atoms with van der Waals surface area (Å²) in [6, 6.07) is 13.8. The molecule has 0 saturated carbocycles. The van der Waals surface area contributed by atoms with Crippen molar-refractivity contribution in [1.82, 2.24) is 15.5 Å². The fraction of sp³-hybridized carbons (Fsp3) is 0.385. The lowest BCUT2D eigenvalue weighted by atomic mass is 10.1. The van der Waals surface area contributed by atoms with Gasteiger partial charge >= 0.3 is 5.97 Å². The zero-order valence-electron chi connectivity index (χ0n) is 20.1. The maximum atomic E-state index is 12.8. The molecule has 1 heterocycles. The molecule has 1 fully saturated rings. The number of halogens is 1. The zero-order valence-corrected chi connectivity index (χ0v) is 22.5. The highest BCUT2D eigenvalue weighted by atomic mass is 79.9. The number of piperazine rings is 1. The predicted molar refractivity (Wildman–Crippen MR) is 144 cm³/mol. The number of benzene rings is 2. The van der Waals surface area contributed by atoms with E-state index < -0.39 is 17.9 Å². The van der Waals surface area contributed by atoms with Crippen molar-refractivity contribution >= 4 is 51.0 Å². The maximum absolute atomic E-state index is 12.8. The van der Waals surface area contributed by atoms with Gasteiger partial charge in [0.15, 0.2) is 5.11 Å². The Kier molecular flexibility index (Phi) is 10.7. The van der Waals surface area contributed by atoms with Gasteiger partial charge in [-0.25, -0.2) is 0 Å². The summed E-state index contributed by atoms with van der Waals surface area (Å²) in [7, 11) is 0. The van der Waals surface area contributed by atoms with Crippen molar-refractivity contribution in [3.05, 3.63) is 64.1 Å². The molecule has 1 atom stereocenters. The molecule has 1 aliphatic rings. The minimum Gasteiger partial charge on any atom is -0.492 e. The highest BCUT2D eigenvalue weighted by molar-refractivity contribution is 9.10. The van der Waals surface area contributed by atoms with Gasteiger partial charge in [0.2, 0.25) is 5.91 Å². The number of rotatable bonds is 10. The molecule has 3 rings (SSSR count). The number of esters is 1. The second-order valence-electron chi connectivity index (χ2n) is 8.27. The van der Waals surface area contributed by atoms with Crippen LogP contribution in [0, 0.1) is 0 Å². The molecule has 8 nitrogen and oxygen atoms in total. The number of nitrogens with zero attached hydrogens (tertiary/aromatic N) is 1. The van der Waals surface area contributed by atoms with Gasteiger partial charge in [0.1, 0.15) is 11.8 Å². The third-order valence-electron chi connectivity index (χ3n) is 5.62. The first-order valence-electron chi connectivity index (χ1n) is 11.9. The normalized spacial score (nSPS) is 15.1. The van der Waals surface area contributed by atoms with Crippen LogP contribution in [-0.4, -0.2) is 60.1 Å². The number of hydrogen-bond donors (Lipinski definition) is 2. The Balaban J connectivity index is 1.56. The minimum atomic E-state index is -0.864. The van der Waals surface area contributed by atoms with Crippen LogP contribution in [0.15, 0.2) is 53.0 Å². The zero-order chi connectivity index (χ0) is 25.9. The molecule has 1 saturated heterocycles. The first-order valence-corrected chi connectivity index (χ1v) is 13.1. The van der Waals surface area contributed by atoms with Crippen molar-refractivity contribution in [1.29, 1.82) is 0 Å². The summed E-state index contributed by atoms with van der Waals surface area (Å²) in [5.41, 5.74) is 1.43. The molecule has 2 aromatic carbocycles. The smallest absolute Gasteiger partial charge is 0.308 e. The van der Waals surface area contributed by atoms with Crippen LogP contribution < -0.4 is 15.4 Å². The second-order valence-corrected chi connectivity index (χ2v) is 9.51. The molecule has 36 heavy (non-hydrogen) atoms. The quantitative estimate of drug-likeness (QED) is 0.254. The van der Waals surface area contributed by atoms with Gasteiger partial charge in [-0.15, -0.1) is 0 Å². The van der Waals surface area contributed by atoms with Crippen LogP contribution in [0.5, 0.6) is 5.75 Å². The van der Waals surface area contributed by atoms with Crippen LogP contribution >= 0.6 is 28.1 Å². The van der Waals surface area contributed by atoms with Crippen LogP contribution in [0.25, 0.3) is 0 Å². The number of ether oxygens (including phenoxy) is 2. The Hall–Kier alpha value is -2.98. The van der Waals surface area contributed by atoms with E-state index in [9.17, 15) is 14.4 Å². The molecule has 2 amide bonds. The maximum Gasteiger partial charge on any atom is 0.308 e. The second kappa shape index (κ2) is 13.9. The van der Waals surface area contributed by atoms with Gasteiger partial charge in [0.05, 0.1) is 24.1 Å². The van der Waals surface area contributed by atoms with Gasteiger partial charge in [-0.2, -0.15) is 0 Å². The Bertz CT molecular complexity index is 1080. The van der Waals surface area contributed by atoms with E-state index in [2.05, 4.69) is 33.5 Å². The SMILES string of the molecule is CCCCOc1ccc(C(=O)NC(=S)N2CCNC(=O)C2CC(=O)OCCc2ccccc2)cc1Br. The van der Waals surface area contributed by atoms with E-state index in [0.717, 1.165) is 18.4 Å². The number of nitrogens with one attached hydrogen (secondary N) is 2. The van der Waals surface area contributed by atoms with Gasteiger partial charge in [-0.3, -0.25) is 19.7 Å². The number of unbranched alkanes of at least 4 members (excludes halogenated alkanes) is 1. The molecular formula is C26H30BrN3O5S. The largest absolute Gasteiger partial charge is 0.492 e. The summed E-state index contributed by atoms with van der Waals surface area (Å²) in [5, 5.41) is 5.50. The Morgan fingerprint density at radius 3 is 2.69 bits per heavy atom. The molecule has 0 aromatic heterocycles. The Morgan fingerprint density at radius 1 is 1.19 bits per heavy atom. The van der Waals surface area contributed by atoms with Crippen molar-refractivity contribution in [2.45, 2.75) is 38.6 Å². The van der Waals surface area contributed by atoms with E-state index in [1.54, 1.807) is 23.1 Å². The van der Waals surface area contributed by atoms with Crippen molar-refractivity contribution in [3.63, 3.8) is 0 Å².